The highest BCUT2D eigenvalue weighted by Crippen LogP contribution is 2.35. The van der Waals surface area contributed by atoms with Gasteiger partial charge in [-0.1, -0.05) is 0 Å². The third-order valence-electron chi connectivity index (χ3n) is 2.88. The van der Waals surface area contributed by atoms with Gasteiger partial charge in [-0.2, -0.15) is 9.97 Å². The lowest BCUT2D eigenvalue weighted by atomic mass is 10.3. The summed E-state index contributed by atoms with van der Waals surface area (Å²) < 4.78 is 13.6. The summed E-state index contributed by atoms with van der Waals surface area (Å²) in [6.07, 6.45) is 5.11. The van der Waals surface area contributed by atoms with E-state index in [2.05, 4.69) is 25.9 Å². The van der Waals surface area contributed by atoms with Gasteiger partial charge in [0.25, 0.3) is 5.56 Å². The maximum absolute atomic E-state index is 12.1. The van der Waals surface area contributed by atoms with Crippen LogP contribution in [0.3, 0.4) is 0 Å². The van der Waals surface area contributed by atoms with Crippen LogP contribution in [0.1, 0.15) is 18.9 Å². The van der Waals surface area contributed by atoms with Crippen molar-refractivity contribution in [1.82, 2.24) is 14.5 Å². The monoisotopic (exact) mass is 327 g/mol. The molecule has 2 heterocycles. The van der Waals surface area contributed by atoms with Crippen molar-refractivity contribution in [3.63, 3.8) is 0 Å². The summed E-state index contributed by atoms with van der Waals surface area (Å²) >= 11 is 2.01. The first-order chi connectivity index (χ1) is 8.58. The zero-order valence-electron chi connectivity index (χ0n) is 9.59. The third-order valence-corrected chi connectivity index (χ3v) is 4.16. The van der Waals surface area contributed by atoms with Gasteiger partial charge < -0.3 is 4.55 Å². The second-order valence-corrected chi connectivity index (χ2v) is 6.41. The molecule has 0 saturated heterocycles. The van der Waals surface area contributed by atoms with E-state index in [9.17, 15) is 9.35 Å². The van der Waals surface area contributed by atoms with Crippen LogP contribution in [0.25, 0.3) is 11.0 Å². The molecule has 0 spiro atoms. The smallest absolute Gasteiger partial charge is 0.344 e. The predicted octanol–water partition coefficient (Wildman–Crippen LogP) is 1.63. The van der Waals surface area contributed by atoms with Crippen molar-refractivity contribution < 1.29 is 4.55 Å². The highest BCUT2D eigenvalue weighted by Gasteiger charge is 2.28. The maximum Gasteiger partial charge on any atom is 0.344 e. The van der Waals surface area contributed by atoms with Crippen LogP contribution in [0.5, 0.6) is 0 Å². The van der Waals surface area contributed by atoms with E-state index in [-0.39, 0.29) is 16.8 Å². The van der Waals surface area contributed by atoms with Gasteiger partial charge in [0.15, 0.2) is 5.65 Å². The summed E-state index contributed by atoms with van der Waals surface area (Å²) in [5, 5.41) is 1.04. The number of pyridine rings is 1. The van der Waals surface area contributed by atoms with Crippen molar-refractivity contribution in [2.75, 3.05) is 6.26 Å². The molecule has 1 aliphatic rings. The van der Waals surface area contributed by atoms with Crippen molar-refractivity contribution in [2.24, 2.45) is 0 Å². The molecule has 1 fully saturated rings. The molecular formula is C11H10BrN3O2S. The number of rotatable bonds is 2. The van der Waals surface area contributed by atoms with E-state index in [1.807, 2.05) is 0 Å². The average molecular weight is 328 g/mol. The Morgan fingerprint density at radius 1 is 1.56 bits per heavy atom. The minimum absolute atomic E-state index is 0.0865. The van der Waals surface area contributed by atoms with E-state index in [0.717, 1.165) is 18.2 Å². The third kappa shape index (κ3) is 1.96. The first-order valence-electron chi connectivity index (χ1n) is 5.49. The van der Waals surface area contributed by atoms with Crippen molar-refractivity contribution in [3.8, 4) is 0 Å². The van der Waals surface area contributed by atoms with E-state index < -0.39 is 11.2 Å². The van der Waals surface area contributed by atoms with E-state index in [4.69, 9.17) is 0 Å². The Morgan fingerprint density at radius 2 is 2.28 bits per heavy atom. The minimum Gasteiger partial charge on any atom is -0.609 e. The lowest BCUT2D eigenvalue weighted by molar-refractivity contribution is 0.591. The lowest BCUT2D eigenvalue weighted by Crippen LogP contribution is -2.21. The average Bonchev–Trinajstić information content (AvgIpc) is 3.14. The molecule has 0 amide bonds. The zero-order valence-corrected chi connectivity index (χ0v) is 12.0. The molecule has 7 heteroatoms. The second kappa shape index (κ2) is 4.32. The van der Waals surface area contributed by atoms with E-state index in [0.29, 0.717) is 10.1 Å². The Balaban J connectivity index is 2.35. The molecule has 5 nitrogen and oxygen atoms in total. The van der Waals surface area contributed by atoms with Gasteiger partial charge in [-0.05, 0) is 34.8 Å². The molecule has 0 bridgehead atoms. The summed E-state index contributed by atoms with van der Waals surface area (Å²) in [5.74, 6) is 0. The predicted molar refractivity (Wildman–Crippen MR) is 72.1 cm³/mol. The molecule has 1 unspecified atom stereocenters. The van der Waals surface area contributed by atoms with Gasteiger partial charge in [0.1, 0.15) is 6.26 Å². The molecule has 1 aliphatic carbocycles. The molecule has 0 N–H and O–H groups in total. The van der Waals surface area contributed by atoms with E-state index >= 15 is 0 Å². The summed E-state index contributed by atoms with van der Waals surface area (Å²) in [5.41, 5.74) is 0.488. The molecule has 2 aromatic rings. The fourth-order valence-electron chi connectivity index (χ4n) is 1.88. The van der Waals surface area contributed by atoms with Crippen LogP contribution in [0, 0.1) is 0 Å². The van der Waals surface area contributed by atoms with Crippen molar-refractivity contribution >= 4 is 38.1 Å². The van der Waals surface area contributed by atoms with Gasteiger partial charge in [0.05, 0.1) is 4.47 Å². The highest BCUT2D eigenvalue weighted by atomic mass is 79.9. The summed E-state index contributed by atoms with van der Waals surface area (Å²) in [6.45, 7) is 0. The molecule has 18 heavy (non-hydrogen) atoms. The molecule has 0 aliphatic heterocycles. The number of hydrogen-bond donors (Lipinski definition) is 0. The highest BCUT2D eigenvalue weighted by molar-refractivity contribution is 9.10. The maximum atomic E-state index is 12.1. The summed E-state index contributed by atoms with van der Waals surface area (Å²) in [6, 6.07) is 1.92. The number of aromatic nitrogens is 3. The van der Waals surface area contributed by atoms with Crippen LogP contribution in [-0.2, 0) is 11.2 Å². The molecule has 0 radical (unpaired) electrons. The largest absolute Gasteiger partial charge is 0.609 e. The molecule has 2 aromatic heterocycles. The molecular weight excluding hydrogens is 318 g/mol. The molecule has 1 saturated carbocycles. The zero-order chi connectivity index (χ0) is 12.9. The molecule has 0 aromatic carbocycles. The molecule has 94 valence electrons. The molecule has 3 rings (SSSR count). The number of fused-ring (bicyclic) bond motifs is 1. The fourth-order valence-corrected chi connectivity index (χ4v) is 2.73. The fraction of sp³-hybridized carbons (Fsp3) is 0.364. The first kappa shape index (κ1) is 12.1. The van der Waals surface area contributed by atoms with Crippen LogP contribution in [0.2, 0.25) is 0 Å². The van der Waals surface area contributed by atoms with Crippen LogP contribution < -0.4 is 5.56 Å². The van der Waals surface area contributed by atoms with Crippen molar-refractivity contribution in [3.05, 3.63) is 27.1 Å². The van der Waals surface area contributed by atoms with E-state index in [1.54, 1.807) is 16.8 Å². The summed E-state index contributed by atoms with van der Waals surface area (Å²) in [7, 11) is 0. The quantitative estimate of drug-likeness (QED) is 0.620. The lowest BCUT2D eigenvalue weighted by Gasteiger charge is -2.09. The van der Waals surface area contributed by atoms with Gasteiger partial charge in [0, 0.05) is 28.8 Å². The van der Waals surface area contributed by atoms with Crippen LogP contribution in [-0.4, -0.2) is 25.3 Å². The Labute approximate surface area is 115 Å². The Hall–Kier alpha value is -0.920. The Kier molecular flexibility index (Phi) is 2.91. The van der Waals surface area contributed by atoms with Gasteiger partial charge in [-0.25, -0.2) is 0 Å². The van der Waals surface area contributed by atoms with Gasteiger partial charge in [-0.15, -0.1) is 0 Å². The minimum atomic E-state index is -1.25. The number of hydrogen-bond acceptors (Lipinski definition) is 4. The van der Waals surface area contributed by atoms with Crippen LogP contribution in [0.15, 0.2) is 26.7 Å². The van der Waals surface area contributed by atoms with Gasteiger partial charge in [0.2, 0.25) is 0 Å². The SMILES string of the molecule is C[S+]([O-])c1ncc2cc(Br)c(=O)n(C3CC3)c2n1. The van der Waals surface area contributed by atoms with Crippen LogP contribution in [0.4, 0.5) is 0 Å². The molecule has 1 atom stereocenters. The van der Waals surface area contributed by atoms with Crippen LogP contribution >= 0.6 is 15.9 Å². The standard InChI is InChI=1S/C11H10BrN3O2S/c1-18(17)11-13-5-6-4-8(12)10(16)15(7-2-3-7)9(6)14-11/h4-5,7H,2-3H2,1H3. The Bertz CT molecular complexity index is 682. The number of nitrogens with zero attached hydrogens (tertiary/aromatic N) is 3. The van der Waals surface area contributed by atoms with Gasteiger partial charge in [-0.3, -0.25) is 9.36 Å². The van der Waals surface area contributed by atoms with Gasteiger partial charge >= 0.3 is 5.16 Å². The van der Waals surface area contributed by atoms with E-state index in [1.165, 1.54) is 6.26 Å². The number of halogens is 1. The van der Waals surface area contributed by atoms with Crippen molar-refractivity contribution in [1.29, 1.82) is 0 Å². The normalized spacial score (nSPS) is 17.1. The van der Waals surface area contributed by atoms with Crippen molar-refractivity contribution in [2.45, 2.75) is 24.0 Å². The Morgan fingerprint density at radius 3 is 2.89 bits per heavy atom. The summed E-state index contributed by atoms with van der Waals surface area (Å²) in [4.78, 5) is 20.4. The first-order valence-corrected chi connectivity index (χ1v) is 7.84. The topological polar surface area (TPSA) is 70.8 Å². The second-order valence-electron chi connectivity index (χ2n) is 4.28.